The van der Waals surface area contributed by atoms with E-state index in [2.05, 4.69) is 15.4 Å². The van der Waals surface area contributed by atoms with Crippen molar-refractivity contribution >= 4 is 23.0 Å². The zero-order chi connectivity index (χ0) is 23.8. The fourth-order valence-corrected chi connectivity index (χ4v) is 4.08. The maximum atomic E-state index is 14.7. The van der Waals surface area contributed by atoms with Crippen molar-refractivity contribution in [3.8, 4) is 5.75 Å². The second-order valence-electron chi connectivity index (χ2n) is 8.38. The lowest BCUT2D eigenvalue weighted by Gasteiger charge is -2.21. The molecule has 1 aliphatic rings. The number of ether oxygens (including phenoxy) is 1. The molecule has 5 nitrogen and oxygen atoms in total. The van der Waals surface area contributed by atoms with Crippen molar-refractivity contribution in [2.75, 3.05) is 16.4 Å². The summed E-state index contributed by atoms with van der Waals surface area (Å²) in [5.74, 6) is -0.529. The molecule has 0 aliphatic heterocycles. The Hall–Kier alpha value is -2.97. The SMILES string of the molecule is Nc1c(NC(=O)CCCC2CCCCC2)ccc(NCc2ccc(OC(F)(F)F)cc2)c1F. The molecular weight excluding hydrogens is 438 g/mol. The van der Waals surface area contributed by atoms with Crippen LogP contribution in [0.25, 0.3) is 0 Å². The van der Waals surface area contributed by atoms with Crippen LogP contribution in [0, 0.1) is 11.7 Å². The van der Waals surface area contributed by atoms with Gasteiger partial charge in [0.15, 0.2) is 5.82 Å². The molecule has 1 saturated carbocycles. The lowest BCUT2D eigenvalue weighted by molar-refractivity contribution is -0.274. The average molecular weight is 468 g/mol. The standard InChI is InChI=1S/C24H29F4N3O2/c25-22-19(30-15-17-9-11-18(12-10-17)33-24(26,27)28)13-14-20(23(22)29)31-21(32)8-4-7-16-5-2-1-3-6-16/h9-14,16,30H,1-8,15,29H2,(H,31,32). The Balaban J connectivity index is 1.49. The smallest absolute Gasteiger partial charge is 0.406 e. The highest BCUT2D eigenvalue weighted by Gasteiger charge is 2.30. The highest BCUT2D eigenvalue weighted by molar-refractivity contribution is 5.94. The monoisotopic (exact) mass is 467 g/mol. The summed E-state index contributed by atoms with van der Waals surface area (Å²) in [6.45, 7) is 0.162. The summed E-state index contributed by atoms with van der Waals surface area (Å²) in [4.78, 5) is 12.2. The summed E-state index contributed by atoms with van der Waals surface area (Å²) < 4.78 is 55.2. The molecule has 2 aromatic carbocycles. The number of rotatable bonds is 9. The second kappa shape index (κ2) is 11.2. The van der Waals surface area contributed by atoms with Gasteiger partial charge in [-0.1, -0.05) is 44.2 Å². The van der Waals surface area contributed by atoms with Crippen molar-refractivity contribution < 1.29 is 27.1 Å². The van der Waals surface area contributed by atoms with Gasteiger partial charge in [-0.2, -0.15) is 0 Å². The van der Waals surface area contributed by atoms with Gasteiger partial charge < -0.3 is 21.1 Å². The molecule has 0 spiro atoms. The molecule has 0 heterocycles. The second-order valence-corrected chi connectivity index (χ2v) is 8.38. The molecule has 1 amide bonds. The number of benzene rings is 2. The molecule has 0 aromatic heterocycles. The fourth-order valence-electron chi connectivity index (χ4n) is 4.08. The van der Waals surface area contributed by atoms with Crippen LogP contribution in [0.1, 0.15) is 56.9 Å². The maximum Gasteiger partial charge on any atom is 0.573 e. The molecule has 0 atom stereocenters. The molecule has 0 saturated heterocycles. The molecule has 0 radical (unpaired) electrons. The third-order valence-electron chi connectivity index (χ3n) is 5.83. The minimum atomic E-state index is -4.76. The number of nitrogen functional groups attached to an aromatic ring is 1. The molecule has 180 valence electrons. The molecule has 1 fully saturated rings. The summed E-state index contributed by atoms with van der Waals surface area (Å²) in [6.07, 6.45) is 3.75. The Morgan fingerprint density at radius 1 is 1.03 bits per heavy atom. The van der Waals surface area contributed by atoms with Crippen LogP contribution in [-0.2, 0) is 11.3 Å². The number of halogens is 4. The Labute approximate surface area is 190 Å². The summed E-state index contributed by atoms with van der Waals surface area (Å²) in [5.41, 5.74) is 6.66. The topological polar surface area (TPSA) is 76.4 Å². The van der Waals surface area contributed by atoms with Gasteiger partial charge in [-0.15, -0.1) is 13.2 Å². The van der Waals surface area contributed by atoms with E-state index in [9.17, 15) is 22.4 Å². The van der Waals surface area contributed by atoms with Gasteiger partial charge in [-0.3, -0.25) is 4.79 Å². The van der Waals surface area contributed by atoms with Gasteiger partial charge in [0.2, 0.25) is 5.91 Å². The number of nitrogens with one attached hydrogen (secondary N) is 2. The molecule has 0 unspecified atom stereocenters. The highest BCUT2D eigenvalue weighted by atomic mass is 19.4. The van der Waals surface area contributed by atoms with Crippen molar-refractivity contribution in [3.63, 3.8) is 0 Å². The molecule has 0 bridgehead atoms. The number of alkyl halides is 3. The van der Waals surface area contributed by atoms with Crippen LogP contribution in [0.2, 0.25) is 0 Å². The van der Waals surface area contributed by atoms with Crippen molar-refractivity contribution in [3.05, 3.63) is 47.8 Å². The van der Waals surface area contributed by atoms with E-state index in [1.54, 1.807) is 0 Å². The fraction of sp³-hybridized carbons (Fsp3) is 0.458. The summed E-state index contributed by atoms with van der Waals surface area (Å²) in [7, 11) is 0. The number of anilines is 3. The van der Waals surface area contributed by atoms with E-state index in [4.69, 9.17) is 5.73 Å². The Morgan fingerprint density at radius 3 is 2.36 bits per heavy atom. The minimum Gasteiger partial charge on any atom is -0.406 e. The first kappa shape index (κ1) is 24.7. The number of carbonyl (C=O) groups is 1. The Morgan fingerprint density at radius 2 is 1.70 bits per heavy atom. The van der Waals surface area contributed by atoms with Gasteiger partial charge in [-0.05, 0) is 48.6 Å². The Kier molecular flexibility index (Phi) is 8.41. The minimum absolute atomic E-state index is 0.124. The van der Waals surface area contributed by atoms with E-state index < -0.39 is 12.2 Å². The predicted octanol–water partition coefficient (Wildman–Crippen LogP) is 6.61. The number of carbonyl (C=O) groups excluding carboxylic acids is 1. The van der Waals surface area contributed by atoms with Gasteiger partial charge in [0, 0.05) is 13.0 Å². The van der Waals surface area contributed by atoms with Gasteiger partial charge in [0.05, 0.1) is 17.1 Å². The van der Waals surface area contributed by atoms with Crippen LogP contribution in [0.3, 0.4) is 0 Å². The molecule has 3 rings (SSSR count). The molecule has 9 heteroatoms. The van der Waals surface area contributed by atoms with Crippen molar-refractivity contribution in [1.29, 1.82) is 0 Å². The maximum absolute atomic E-state index is 14.7. The predicted molar refractivity (Wildman–Crippen MR) is 120 cm³/mol. The normalized spacial score (nSPS) is 14.7. The number of nitrogens with two attached hydrogens (primary N) is 1. The highest BCUT2D eigenvalue weighted by Crippen LogP contribution is 2.30. The molecule has 33 heavy (non-hydrogen) atoms. The van der Waals surface area contributed by atoms with Gasteiger partial charge in [-0.25, -0.2) is 4.39 Å². The van der Waals surface area contributed by atoms with Crippen LogP contribution in [-0.4, -0.2) is 12.3 Å². The van der Waals surface area contributed by atoms with E-state index in [-0.39, 0.29) is 35.3 Å². The third-order valence-corrected chi connectivity index (χ3v) is 5.83. The van der Waals surface area contributed by atoms with Crippen LogP contribution in [0.5, 0.6) is 5.75 Å². The third kappa shape index (κ3) is 7.83. The van der Waals surface area contributed by atoms with Crippen molar-refractivity contribution in [2.24, 2.45) is 5.92 Å². The van der Waals surface area contributed by atoms with Crippen molar-refractivity contribution in [1.82, 2.24) is 0 Å². The first-order valence-electron chi connectivity index (χ1n) is 11.2. The summed E-state index contributed by atoms with van der Waals surface area (Å²) >= 11 is 0. The quantitative estimate of drug-likeness (QED) is 0.287. The van der Waals surface area contributed by atoms with Crippen LogP contribution >= 0.6 is 0 Å². The largest absolute Gasteiger partial charge is 0.573 e. The zero-order valence-corrected chi connectivity index (χ0v) is 18.3. The van der Waals surface area contributed by atoms with Crippen LogP contribution in [0.4, 0.5) is 34.6 Å². The van der Waals surface area contributed by atoms with E-state index in [1.165, 1.54) is 68.5 Å². The first-order chi connectivity index (χ1) is 15.7. The number of hydrogen-bond acceptors (Lipinski definition) is 4. The molecular formula is C24H29F4N3O2. The van der Waals surface area contributed by atoms with Crippen LogP contribution in [0.15, 0.2) is 36.4 Å². The van der Waals surface area contributed by atoms with E-state index in [0.717, 1.165) is 12.8 Å². The van der Waals surface area contributed by atoms with Gasteiger partial charge >= 0.3 is 6.36 Å². The lowest BCUT2D eigenvalue weighted by Crippen LogP contribution is -2.17. The van der Waals surface area contributed by atoms with E-state index >= 15 is 0 Å². The molecule has 4 N–H and O–H groups in total. The first-order valence-corrected chi connectivity index (χ1v) is 11.2. The summed E-state index contributed by atoms with van der Waals surface area (Å²) in [5, 5.41) is 5.54. The number of amides is 1. The van der Waals surface area contributed by atoms with E-state index in [1.807, 2.05) is 0 Å². The summed E-state index contributed by atoms with van der Waals surface area (Å²) in [6, 6.07) is 8.24. The van der Waals surface area contributed by atoms with Crippen molar-refractivity contribution in [2.45, 2.75) is 64.3 Å². The lowest BCUT2D eigenvalue weighted by atomic mass is 9.86. The zero-order valence-electron chi connectivity index (χ0n) is 18.3. The molecule has 2 aromatic rings. The van der Waals surface area contributed by atoms with Crippen LogP contribution < -0.4 is 21.1 Å². The molecule has 1 aliphatic carbocycles. The Bertz CT molecular complexity index is 927. The van der Waals surface area contributed by atoms with E-state index in [0.29, 0.717) is 17.9 Å². The van der Waals surface area contributed by atoms with Gasteiger partial charge in [0.25, 0.3) is 0 Å². The average Bonchev–Trinajstić information content (AvgIpc) is 2.77. The number of hydrogen-bond donors (Lipinski definition) is 3. The van der Waals surface area contributed by atoms with Gasteiger partial charge in [0.1, 0.15) is 5.75 Å².